The van der Waals surface area contributed by atoms with Gasteiger partial charge >= 0.3 is 0 Å². The SMILES string of the molecule is CCN(CC)C(=O)CCNC(C)CC(C)C. The van der Waals surface area contributed by atoms with Crippen LogP contribution < -0.4 is 5.32 Å². The van der Waals surface area contributed by atoms with Gasteiger partial charge in [-0.3, -0.25) is 4.79 Å². The fourth-order valence-electron chi connectivity index (χ4n) is 1.95. The van der Waals surface area contributed by atoms with Gasteiger partial charge in [0, 0.05) is 32.1 Å². The average molecular weight is 228 g/mol. The number of nitrogens with one attached hydrogen (secondary N) is 1. The van der Waals surface area contributed by atoms with Gasteiger partial charge in [-0.25, -0.2) is 0 Å². The zero-order valence-corrected chi connectivity index (χ0v) is 11.5. The van der Waals surface area contributed by atoms with Crippen LogP contribution in [0.25, 0.3) is 0 Å². The summed E-state index contributed by atoms with van der Waals surface area (Å²) in [4.78, 5) is 13.6. The molecule has 0 rings (SSSR count). The molecule has 0 saturated carbocycles. The molecule has 0 aromatic carbocycles. The third-order valence-electron chi connectivity index (χ3n) is 2.77. The third-order valence-corrected chi connectivity index (χ3v) is 2.77. The monoisotopic (exact) mass is 228 g/mol. The highest BCUT2D eigenvalue weighted by molar-refractivity contribution is 5.76. The minimum atomic E-state index is 0.259. The smallest absolute Gasteiger partial charge is 0.223 e. The molecule has 0 aromatic heterocycles. The molecule has 0 aliphatic rings. The molecule has 96 valence electrons. The molecule has 1 unspecified atom stereocenters. The van der Waals surface area contributed by atoms with Gasteiger partial charge in [-0.05, 0) is 33.1 Å². The molecule has 16 heavy (non-hydrogen) atoms. The van der Waals surface area contributed by atoms with Crippen LogP contribution in [0.4, 0.5) is 0 Å². The minimum Gasteiger partial charge on any atom is -0.343 e. The number of carbonyl (C=O) groups is 1. The highest BCUT2D eigenvalue weighted by atomic mass is 16.2. The molecular formula is C13H28N2O. The van der Waals surface area contributed by atoms with E-state index >= 15 is 0 Å². The van der Waals surface area contributed by atoms with Gasteiger partial charge in [0.1, 0.15) is 0 Å². The second-order valence-electron chi connectivity index (χ2n) is 4.80. The van der Waals surface area contributed by atoms with Crippen molar-refractivity contribution < 1.29 is 4.79 Å². The molecular weight excluding hydrogens is 200 g/mol. The van der Waals surface area contributed by atoms with Crippen LogP contribution in [-0.2, 0) is 4.79 Å². The van der Waals surface area contributed by atoms with Gasteiger partial charge in [-0.15, -0.1) is 0 Å². The lowest BCUT2D eigenvalue weighted by molar-refractivity contribution is -0.130. The van der Waals surface area contributed by atoms with Gasteiger partial charge in [-0.1, -0.05) is 13.8 Å². The number of hydrogen-bond donors (Lipinski definition) is 1. The molecule has 0 aliphatic carbocycles. The summed E-state index contributed by atoms with van der Waals surface area (Å²) in [6.07, 6.45) is 1.78. The lowest BCUT2D eigenvalue weighted by Crippen LogP contribution is -2.35. The minimum absolute atomic E-state index is 0.259. The number of rotatable bonds is 8. The second kappa shape index (κ2) is 8.57. The van der Waals surface area contributed by atoms with Crippen molar-refractivity contribution in [2.45, 2.75) is 53.5 Å². The topological polar surface area (TPSA) is 32.3 Å². The molecule has 0 fully saturated rings. The van der Waals surface area contributed by atoms with Gasteiger partial charge in [0.05, 0.1) is 0 Å². The lowest BCUT2D eigenvalue weighted by atomic mass is 10.1. The molecule has 0 saturated heterocycles. The second-order valence-corrected chi connectivity index (χ2v) is 4.80. The molecule has 3 nitrogen and oxygen atoms in total. The van der Waals surface area contributed by atoms with Gasteiger partial charge < -0.3 is 10.2 Å². The van der Waals surface area contributed by atoms with Crippen molar-refractivity contribution in [3.05, 3.63) is 0 Å². The van der Waals surface area contributed by atoms with Crippen LogP contribution in [0.5, 0.6) is 0 Å². The Hall–Kier alpha value is -0.570. The molecule has 0 bridgehead atoms. The molecule has 1 atom stereocenters. The fourth-order valence-corrected chi connectivity index (χ4v) is 1.95. The number of carbonyl (C=O) groups excluding carboxylic acids is 1. The summed E-state index contributed by atoms with van der Waals surface area (Å²) in [5, 5.41) is 3.40. The van der Waals surface area contributed by atoms with Gasteiger partial charge in [-0.2, -0.15) is 0 Å². The summed E-state index contributed by atoms with van der Waals surface area (Å²) >= 11 is 0. The van der Waals surface area contributed by atoms with Crippen LogP contribution in [0, 0.1) is 5.92 Å². The Morgan fingerprint density at radius 3 is 2.19 bits per heavy atom. The first-order chi connectivity index (χ1) is 7.51. The van der Waals surface area contributed by atoms with Crippen LogP contribution in [0.15, 0.2) is 0 Å². The van der Waals surface area contributed by atoms with E-state index in [1.54, 1.807) is 0 Å². The maximum absolute atomic E-state index is 11.7. The predicted octanol–water partition coefficient (Wildman–Crippen LogP) is 2.27. The zero-order chi connectivity index (χ0) is 12.6. The molecule has 0 spiro atoms. The molecule has 0 aliphatic heterocycles. The fraction of sp³-hybridized carbons (Fsp3) is 0.923. The Morgan fingerprint density at radius 2 is 1.75 bits per heavy atom. The Morgan fingerprint density at radius 1 is 1.19 bits per heavy atom. The van der Waals surface area contributed by atoms with E-state index in [1.165, 1.54) is 6.42 Å². The molecule has 0 aromatic rings. The summed E-state index contributed by atoms with van der Waals surface area (Å²) in [5.74, 6) is 0.968. The largest absolute Gasteiger partial charge is 0.343 e. The Balaban J connectivity index is 3.68. The van der Waals surface area contributed by atoms with Crippen LogP contribution in [-0.4, -0.2) is 36.5 Å². The average Bonchev–Trinajstić information content (AvgIpc) is 2.18. The van der Waals surface area contributed by atoms with Crippen LogP contribution >= 0.6 is 0 Å². The van der Waals surface area contributed by atoms with E-state index in [0.29, 0.717) is 18.4 Å². The quantitative estimate of drug-likeness (QED) is 0.691. The molecule has 1 amide bonds. The van der Waals surface area contributed by atoms with Crippen LogP contribution in [0.3, 0.4) is 0 Å². The summed E-state index contributed by atoms with van der Waals surface area (Å²) in [6.45, 7) is 13.1. The van der Waals surface area contributed by atoms with E-state index in [1.807, 2.05) is 18.7 Å². The van der Waals surface area contributed by atoms with E-state index in [4.69, 9.17) is 0 Å². The van der Waals surface area contributed by atoms with E-state index in [2.05, 4.69) is 26.1 Å². The van der Waals surface area contributed by atoms with E-state index < -0.39 is 0 Å². The third kappa shape index (κ3) is 6.83. The molecule has 0 radical (unpaired) electrons. The van der Waals surface area contributed by atoms with Crippen molar-refractivity contribution in [2.75, 3.05) is 19.6 Å². The summed E-state index contributed by atoms with van der Waals surface area (Å²) in [7, 11) is 0. The van der Waals surface area contributed by atoms with E-state index in [0.717, 1.165) is 19.6 Å². The summed E-state index contributed by atoms with van der Waals surface area (Å²) in [6, 6.07) is 0.504. The maximum Gasteiger partial charge on any atom is 0.223 e. The first-order valence-electron chi connectivity index (χ1n) is 6.52. The highest BCUT2D eigenvalue weighted by Gasteiger charge is 2.10. The first-order valence-corrected chi connectivity index (χ1v) is 6.52. The lowest BCUT2D eigenvalue weighted by Gasteiger charge is -2.20. The van der Waals surface area contributed by atoms with Crippen LogP contribution in [0.2, 0.25) is 0 Å². The maximum atomic E-state index is 11.7. The number of nitrogens with zero attached hydrogens (tertiary/aromatic N) is 1. The molecule has 3 heteroatoms. The van der Waals surface area contributed by atoms with Gasteiger partial charge in [0.2, 0.25) is 5.91 Å². The first kappa shape index (κ1) is 15.4. The van der Waals surface area contributed by atoms with Crippen molar-refractivity contribution in [3.63, 3.8) is 0 Å². The van der Waals surface area contributed by atoms with Crippen LogP contribution in [0.1, 0.15) is 47.5 Å². The van der Waals surface area contributed by atoms with Crippen molar-refractivity contribution >= 4 is 5.91 Å². The standard InChI is InChI=1S/C13H28N2O/c1-6-15(7-2)13(16)8-9-14-12(5)10-11(3)4/h11-12,14H,6-10H2,1-5H3. The number of amides is 1. The Kier molecular flexibility index (Phi) is 8.26. The molecule has 1 N–H and O–H groups in total. The Bertz CT molecular complexity index is 188. The van der Waals surface area contributed by atoms with Crippen molar-refractivity contribution in [1.82, 2.24) is 10.2 Å². The van der Waals surface area contributed by atoms with Gasteiger partial charge in [0.25, 0.3) is 0 Å². The van der Waals surface area contributed by atoms with Crippen molar-refractivity contribution in [2.24, 2.45) is 5.92 Å². The zero-order valence-electron chi connectivity index (χ0n) is 11.5. The normalized spacial score (nSPS) is 12.9. The predicted molar refractivity (Wildman–Crippen MR) is 69.5 cm³/mol. The van der Waals surface area contributed by atoms with E-state index in [-0.39, 0.29) is 5.91 Å². The van der Waals surface area contributed by atoms with Crippen molar-refractivity contribution in [1.29, 1.82) is 0 Å². The molecule has 0 heterocycles. The van der Waals surface area contributed by atoms with Crippen molar-refractivity contribution in [3.8, 4) is 0 Å². The summed E-state index contributed by atoms with van der Waals surface area (Å²) < 4.78 is 0. The van der Waals surface area contributed by atoms with E-state index in [9.17, 15) is 4.79 Å². The number of hydrogen-bond acceptors (Lipinski definition) is 2. The highest BCUT2D eigenvalue weighted by Crippen LogP contribution is 2.03. The Labute approximate surface area is 101 Å². The summed E-state index contributed by atoms with van der Waals surface area (Å²) in [5.41, 5.74) is 0. The van der Waals surface area contributed by atoms with Gasteiger partial charge in [0.15, 0.2) is 0 Å².